The van der Waals surface area contributed by atoms with Crippen LogP contribution in [0.4, 0.5) is 0 Å². The van der Waals surface area contributed by atoms with E-state index in [-0.39, 0.29) is 17.8 Å². The van der Waals surface area contributed by atoms with Gasteiger partial charge in [0.25, 0.3) is 0 Å². The van der Waals surface area contributed by atoms with Gasteiger partial charge in [-0.3, -0.25) is 14.4 Å². The van der Waals surface area contributed by atoms with Crippen molar-refractivity contribution in [3.63, 3.8) is 0 Å². The Morgan fingerprint density at radius 3 is 2.14 bits per heavy atom. The monoisotopic (exact) mass is 386 g/mol. The molecule has 1 saturated heterocycles. The van der Waals surface area contributed by atoms with E-state index in [4.69, 9.17) is 9.47 Å². The SMILES string of the molecule is CCOC(=O)[C@]12C(=O)OC(C)(C)[C@@H]1[C@@]2(CC)C(=O)c1ccc(C(C)(C)C)cc1. The van der Waals surface area contributed by atoms with Crippen molar-refractivity contribution in [3.8, 4) is 0 Å². The van der Waals surface area contributed by atoms with E-state index >= 15 is 0 Å². The van der Waals surface area contributed by atoms with Crippen molar-refractivity contribution in [2.75, 3.05) is 6.61 Å². The average molecular weight is 386 g/mol. The number of esters is 2. The van der Waals surface area contributed by atoms with E-state index < -0.39 is 34.3 Å². The summed E-state index contributed by atoms with van der Waals surface area (Å²) in [6.07, 6.45) is 0.370. The fraction of sp³-hybridized carbons (Fsp3) is 0.609. The lowest BCUT2D eigenvalue weighted by Crippen LogP contribution is -2.40. The molecule has 3 atom stereocenters. The Morgan fingerprint density at radius 1 is 1.11 bits per heavy atom. The normalized spacial score (nSPS) is 30.4. The van der Waals surface area contributed by atoms with Gasteiger partial charge >= 0.3 is 11.9 Å². The molecule has 2 fully saturated rings. The predicted molar refractivity (Wildman–Crippen MR) is 105 cm³/mol. The molecule has 0 aromatic heterocycles. The van der Waals surface area contributed by atoms with E-state index in [1.807, 2.05) is 19.1 Å². The van der Waals surface area contributed by atoms with E-state index in [1.165, 1.54) is 0 Å². The van der Waals surface area contributed by atoms with Crippen LogP contribution in [0.15, 0.2) is 24.3 Å². The number of fused-ring (bicyclic) bond motifs is 1. The fourth-order valence-corrected chi connectivity index (χ4v) is 5.29. The van der Waals surface area contributed by atoms with Gasteiger partial charge in [0.1, 0.15) is 5.60 Å². The van der Waals surface area contributed by atoms with E-state index in [0.29, 0.717) is 12.0 Å². The first kappa shape index (κ1) is 20.6. The third kappa shape index (κ3) is 2.41. The molecule has 1 aliphatic carbocycles. The molecule has 0 bridgehead atoms. The number of cyclic esters (lactones) is 1. The lowest BCUT2D eigenvalue weighted by atomic mass is 9.80. The average Bonchev–Trinajstić information content (AvgIpc) is 3.21. The fourth-order valence-electron chi connectivity index (χ4n) is 5.29. The third-order valence-corrected chi connectivity index (χ3v) is 6.49. The van der Waals surface area contributed by atoms with Crippen LogP contribution in [0.25, 0.3) is 0 Å². The Bertz CT molecular complexity index is 830. The molecule has 2 aliphatic rings. The van der Waals surface area contributed by atoms with Crippen molar-refractivity contribution < 1.29 is 23.9 Å². The number of Topliss-reactive ketones (excluding diaryl/α,β-unsaturated/α-hetero) is 1. The molecule has 0 amide bonds. The zero-order chi connectivity index (χ0) is 21.1. The summed E-state index contributed by atoms with van der Waals surface area (Å²) in [5.74, 6) is -1.99. The predicted octanol–water partition coefficient (Wildman–Crippen LogP) is 4.08. The van der Waals surface area contributed by atoms with Crippen molar-refractivity contribution in [2.24, 2.45) is 16.7 Å². The largest absolute Gasteiger partial charge is 0.465 e. The minimum absolute atomic E-state index is 0.0297. The van der Waals surface area contributed by atoms with E-state index in [1.54, 1.807) is 32.9 Å². The number of benzene rings is 1. The second-order valence-corrected chi connectivity index (χ2v) is 9.44. The Labute approximate surface area is 166 Å². The van der Waals surface area contributed by atoms with Crippen LogP contribution < -0.4 is 0 Å². The minimum Gasteiger partial charge on any atom is -0.465 e. The molecule has 1 aromatic rings. The van der Waals surface area contributed by atoms with Gasteiger partial charge in [-0.2, -0.15) is 0 Å². The summed E-state index contributed by atoms with van der Waals surface area (Å²) < 4.78 is 10.7. The number of ketones is 1. The van der Waals surface area contributed by atoms with Crippen LogP contribution >= 0.6 is 0 Å². The second kappa shape index (κ2) is 6.16. The molecule has 1 aliphatic heterocycles. The summed E-state index contributed by atoms with van der Waals surface area (Å²) in [6, 6.07) is 7.47. The molecule has 0 unspecified atom stereocenters. The van der Waals surface area contributed by atoms with Crippen molar-refractivity contribution in [3.05, 3.63) is 35.4 Å². The highest BCUT2D eigenvalue weighted by Crippen LogP contribution is 2.80. The highest BCUT2D eigenvalue weighted by molar-refractivity contribution is 6.19. The van der Waals surface area contributed by atoms with Crippen LogP contribution in [-0.2, 0) is 24.5 Å². The Hall–Kier alpha value is -2.17. The molecule has 0 spiro atoms. The highest BCUT2D eigenvalue weighted by atomic mass is 16.6. The summed E-state index contributed by atoms with van der Waals surface area (Å²) in [4.78, 5) is 39.5. The van der Waals surface area contributed by atoms with Gasteiger partial charge in [0, 0.05) is 11.5 Å². The number of hydrogen-bond acceptors (Lipinski definition) is 5. The molecular weight excluding hydrogens is 356 g/mol. The standard InChI is InChI=1S/C23H30O5/c1-8-22(16(24)14-10-12-15(13-11-14)20(3,4)5)17-21(6,7)28-19(26)23(17,22)18(25)27-9-2/h10-13,17H,8-9H2,1-7H3/t17-,22-,23+/m1/s1. The topological polar surface area (TPSA) is 69.7 Å². The van der Waals surface area contributed by atoms with Gasteiger partial charge in [0.15, 0.2) is 11.2 Å². The molecular formula is C23H30O5. The molecule has 1 saturated carbocycles. The summed E-state index contributed by atoms with van der Waals surface area (Å²) in [7, 11) is 0. The molecule has 1 heterocycles. The quantitative estimate of drug-likeness (QED) is 0.433. The summed E-state index contributed by atoms with van der Waals surface area (Å²) >= 11 is 0. The maximum Gasteiger partial charge on any atom is 0.325 e. The Morgan fingerprint density at radius 2 is 1.68 bits per heavy atom. The van der Waals surface area contributed by atoms with Crippen molar-refractivity contribution in [1.29, 1.82) is 0 Å². The molecule has 1 aromatic carbocycles. The first-order chi connectivity index (χ1) is 12.9. The second-order valence-electron chi connectivity index (χ2n) is 9.44. The zero-order valence-corrected chi connectivity index (χ0v) is 17.8. The number of hydrogen-bond donors (Lipinski definition) is 0. The van der Waals surface area contributed by atoms with Gasteiger partial charge in [-0.25, -0.2) is 0 Å². The van der Waals surface area contributed by atoms with Crippen molar-refractivity contribution in [1.82, 2.24) is 0 Å². The first-order valence-electron chi connectivity index (χ1n) is 9.97. The molecule has 5 nitrogen and oxygen atoms in total. The minimum atomic E-state index is -1.54. The molecule has 0 radical (unpaired) electrons. The van der Waals surface area contributed by atoms with E-state index in [9.17, 15) is 14.4 Å². The number of carbonyl (C=O) groups excluding carboxylic acids is 3. The molecule has 28 heavy (non-hydrogen) atoms. The van der Waals surface area contributed by atoms with Gasteiger partial charge in [-0.05, 0) is 38.2 Å². The van der Waals surface area contributed by atoms with Gasteiger partial charge in [0.2, 0.25) is 0 Å². The summed E-state index contributed by atoms with van der Waals surface area (Å²) in [5, 5.41) is 0. The summed E-state index contributed by atoms with van der Waals surface area (Å²) in [6.45, 7) is 13.6. The zero-order valence-electron chi connectivity index (χ0n) is 17.8. The smallest absolute Gasteiger partial charge is 0.325 e. The summed E-state index contributed by atoms with van der Waals surface area (Å²) in [5.41, 5.74) is -1.97. The van der Waals surface area contributed by atoms with Gasteiger partial charge in [-0.15, -0.1) is 0 Å². The van der Waals surface area contributed by atoms with Crippen molar-refractivity contribution >= 4 is 17.7 Å². The lowest BCUT2D eigenvalue weighted by molar-refractivity contribution is -0.166. The molecule has 5 heteroatoms. The van der Waals surface area contributed by atoms with Crippen LogP contribution in [-0.4, -0.2) is 29.9 Å². The number of carbonyl (C=O) groups is 3. The maximum atomic E-state index is 13.7. The third-order valence-electron chi connectivity index (χ3n) is 6.49. The Kier molecular flexibility index (Phi) is 4.53. The molecule has 3 rings (SSSR count). The first-order valence-corrected chi connectivity index (χ1v) is 9.97. The van der Waals surface area contributed by atoms with Gasteiger partial charge < -0.3 is 9.47 Å². The van der Waals surface area contributed by atoms with Gasteiger partial charge in [-0.1, -0.05) is 52.0 Å². The lowest BCUT2D eigenvalue weighted by Gasteiger charge is -2.28. The Balaban J connectivity index is 2.08. The van der Waals surface area contributed by atoms with Gasteiger partial charge in [0.05, 0.1) is 12.0 Å². The van der Waals surface area contributed by atoms with E-state index in [0.717, 1.165) is 5.56 Å². The van der Waals surface area contributed by atoms with Crippen LogP contribution in [0, 0.1) is 16.7 Å². The van der Waals surface area contributed by atoms with Crippen molar-refractivity contribution in [2.45, 2.75) is 65.9 Å². The van der Waals surface area contributed by atoms with E-state index in [2.05, 4.69) is 20.8 Å². The number of ether oxygens (including phenoxy) is 2. The van der Waals surface area contributed by atoms with Crippen LogP contribution in [0.1, 0.15) is 70.8 Å². The number of rotatable bonds is 5. The maximum absolute atomic E-state index is 13.7. The van der Waals surface area contributed by atoms with Crippen LogP contribution in [0.5, 0.6) is 0 Å². The molecule has 0 N–H and O–H groups in total. The highest BCUT2D eigenvalue weighted by Gasteiger charge is 2.95. The van der Waals surface area contributed by atoms with Crippen LogP contribution in [0.3, 0.4) is 0 Å². The van der Waals surface area contributed by atoms with Crippen LogP contribution in [0.2, 0.25) is 0 Å². The molecule has 152 valence electrons.